The van der Waals surface area contributed by atoms with Crippen LogP contribution in [0.3, 0.4) is 0 Å². The van der Waals surface area contributed by atoms with Crippen LogP contribution in [-0.2, 0) is 16.2 Å². The van der Waals surface area contributed by atoms with Crippen LogP contribution in [0.25, 0.3) is 10.8 Å². The van der Waals surface area contributed by atoms with E-state index in [-0.39, 0.29) is 17.1 Å². The molecular formula is C19H15ClF3NO2S. The Morgan fingerprint density at radius 1 is 0.963 bits per heavy atom. The molecule has 3 rings (SSSR count). The van der Waals surface area contributed by atoms with Gasteiger partial charge in [-0.3, -0.25) is 4.31 Å². The van der Waals surface area contributed by atoms with Gasteiger partial charge in [0.05, 0.1) is 21.2 Å². The van der Waals surface area contributed by atoms with Crippen LogP contribution in [0, 0.1) is 0 Å². The van der Waals surface area contributed by atoms with E-state index < -0.39 is 26.8 Å². The molecule has 0 spiro atoms. The number of sulfonamides is 1. The van der Waals surface area contributed by atoms with Gasteiger partial charge in [0, 0.05) is 6.54 Å². The summed E-state index contributed by atoms with van der Waals surface area (Å²) in [5.41, 5.74) is -1.17. The lowest BCUT2D eigenvalue weighted by atomic mass is 10.1. The molecule has 3 aromatic rings. The zero-order chi connectivity index (χ0) is 19.8. The van der Waals surface area contributed by atoms with Gasteiger partial charge in [-0.05, 0) is 48.0 Å². The third-order valence-corrected chi connectivity index (χ3v) is 6.37. The smallest absolute Gasteiger partial charge is 0.267 e. The molecule has 0 aliphatic rings. The molecule has 27 heavy (non-hydrogen) atoms. The Hall–Kier alpha value is -2.25. The highest BCUT2D eigenvalue weighted by molar-refractivity contribution is 7.92. The van der Waals surface area contributed by atoms with Crippen LogP contribution in [0.4, 0.5) is 18.9 Å². The summed E-state index contributed by atoms with van der Waals surface area (Å²) < 4.78 is 66.5. The molecule has 0 N–H and O–H groups in total. The fourth-order valence-corrected chi connectivity index (χ4v) is 4.56. The molecule has 0 saturated carbocycles. The zero-order valence-corrected chi connectivity index (χ0v) is 15.7. The predicted octanol–water partition coefficient (Wildman–Crippen LogP) is 5.73. The molecule has 0 radical (unpaired) electrons. The molecule has 0 fully saturated rings. The second kappa shape index (κ2) is 7.05. The van der Waals surface area contributed by atoms with Crippen LogP contribution in [0.1, 0.15) is 12.5 Å². The van der Waals surface area contributed by atoms with E-state index in [2.05, 4.69) is 0 Å². The molecule has 0 aliphatic heterocycles. The van der Waals surface area contributed by atoms with E-state index in [1.807, 2.05) is 12.1 Å². The highest BCUT2D eigenvalue weighted by atomic mass is 35.5. The lowest BCUT2D eigenvalue weighted by molar-refractivity contribution is -0.137. The maximum absolute atomic E-state index is 13.1. The number of rotatable bonds is 4. The second-order valence-corrected chi connectivity index (χ2v) is 8.11. The van der Waals surface area contributed by atoms with Crippen LogP contribution in [0.5, 0.6) is 0 Å². The van der Waals surface area contributed by atoms with E-state index in [0.29, 0.717) is 0 Å². The first-order chi connectivity index (χ1) is 12.6. The van der Waals surface area contributed by atoms with Gasteiger partial charge in [0.25, 0.3) is 10.0 Å². The summed E-state index contributed by atoms with van der Waals surface area (Å²) in [5, 5.41) is 1.11. The van der Waals surface area contributed by atoms with Gasteiger partial charge in [-0.2, -0.15) is 13.2 Å². The molecule has 0 aliphatic carbocycles. The van der Waals surface area contributed by atoms with E-state index in [1.165, 1.54) is 18.2 Å². The number of halogens is 4. The zero-order valence-electron chi connectivity index (χ0n) is 14.2. The fraction of sp³-hybridized carbons (Fsp3) is 0.158. The normalized spacial score (nSPS) is 12.3. The molecule has 0 heterocycles. The van der Waals surface area contributed by atoms with Crippen molar-refractivity contribution in [2.24, 2.45) is 0 Å². The Bertz CT molecular complexity index is 1100. The van der Waals surface area contributed by atoms with E-state index >= 15 is 0 Å². The van der Waals surface area contributed by atoms with Crippen molar-refractivity contribution in [2.75, 3.05) is 10.8 Å². The Morgan fingerprint density at radius 2 is 1.63 bits per heavy atom. The van der Waals surface area contributed by atoms with Gasteiger partial charge < -0.3 is 0 Å². The molecule has 3 nitrogen and oxygen atoms in total. The first-order valence-electron chi connectivity index (χ1n) is 8.03. The SMILES string of the molecule is CCN(c1ccc(Cl)c(C(F)(F)F)c1)S(=O)(=O)c1ccc2ccccc2c1. The summed E-state index contributed by atoms with van der Waals surface area (Å²) in [6.07, 6.45) is -4.68. The molecule has 0 amide bonds. The summed E-state index contributed by atoms with van der Waals surface area (Å²) >= 11 is 5.64. The number of hydrogen-bond acceptors (Lipinski definition) is 2. The van der Waals surface area contributed by atoms with E-state index in [9.17, 15) is 21.6 Å². The van der Waals surface area contributed by atoms with Crippen LogP contribution < -0.4 is 4.31 Å². The molecule has 0 bridgehead atoms. The summed E-state index contributed by atoms with van der Waals surface area (Å²) in [5.74, 6) is 0. The molecular weight excluding hydrogens is 399 g/mol. The monoisotopic (exact) mass is 413 g/mol. The Balaban J connectivity index is 2.11. The number of hydrogen-bond donors (Lipinski definition) is 0. The van der Waals surface area contributed by atoms with Crippen LogP contribution in [0.2, 0.25) is 5.02 Å². The van der Waals surface area contributed by atoms with Crippen molar-refractivity contribution in [1.82, 2.24) is 0 Å². The molecule has 0 aromatic heterocycles. The maximum Gasteiger partial charge on any atom is 0.417 e. The maximum atomic E-state index is 13.1. The molecule has 8 heteroatoms. The average Bonchev–Trinajstić information content (AvgIpc) is 2.62. The standard InChI is InChI=1S/C19H15ClF3NO2S/c1-2-24(15-8-10-18(20)17(12-15)19(21,22)23)27(25,26)16-9-7-13-5-3-4-6-14(13)11-16/h3-12H,2H2,1H3. The minimum Gasteiger partial charge on any atom is -0.267 e. The van der Waals surface area contributed by atoms with Crippen molar-refractivity contribution in [2.45, 2.75) is 18.0 Å². The highest BCUT2D eigenvalue weighted by Gasteiger charge is 2.34. The number of alkyl halides is 3. The lowest BCUT2D eigenvalue weighted by Gasteiger charge is -2.24. The Kier molecular flexibility index (Phi) is 5.10. The lowest BCUT2D eigenvalue weighted by Crippen LogP contribution is -2.31. The van der Waals surface area contributed by atoms with Crippen molar-refractivity contribution in [1.29, 1.82) is 0 Å². The predicted molar refractivity (Wildman–Crippen MR) is 101 cm³/mol. The average molecular weight is 414 g/mol. The quantitative estimate of drug-likeness (QED) is 0.548. The molecule has 0 atom stereocenters. The van der Waals surface area contributed by atoms with E-state index in [1.54, 1.807) is 25.1 Å². The van der Waals surface area contributed by atoms with Crippen molar-refractivity contribution >= 4 is 38.1 Å². The molecule has 3 aromatic carbocycles. The summed E-state index contributed by atoms with van der Waals surface area (Å²) in [7, 11) is -4.05. The van der Waals surface area contributed by atoms with Gasteiger partial charge in [0.15, 0.2) is 0 Å². The topological polar surface area (TPSA) is 37.4 Å². The van der Waals surface area contributed by atoms with Gasteiger partial charge in [0.1, 0.15) is 0 Å². The molecule has 0 unspecified atom stereocenters. The minimum absolute atomic E-state index is 0.00607. The number of nitrogens with zero attached hydrogens (tertiary/aromatic N) is 1. The second-order valence-electron chi connectivity index (χ2n) is 5.84. The fourth-order valence-electron chi connectivity index (χ4n) is 2.83. The summed E-state index contributed by atoms with van der Waals surface area (Å²) in [4.78, 5) is 0.00607. The first-order valence-corrected chi connectivity index (χ1v) is 9.84. The third-order valence-electron chi connectivity index (χ3n) is 4.14. The van der Waals surface area contributed by atoms with Gasteiger partial charge in [-0.15, -0.1) is 0 Å². The minimum atomic E-state index is -4.68. The van der Waals surface area contributed by atoms with Crippen molar-refractivity contribution in [3.8, 4) is 0 Å². The number of fused-ring (bicyclic) bond motifs is 1. The Labute approximate surface area is 160 Å². The van der Waals surface area contributed by atoms with Crippen LogP contribution in [-0.4, -0.2) is 15.0 Å². The largest absolute Gasteiger partial charge is 0.417 e. The van der Waals surface area contributed by atoms with E-state index in [0.717, 1.165) is 27.2 Å². The van der Waals surface area contributed by atoms with Crippen molar-refractivity contribution in [3.05, 3.63) is 71.2 Å². The van der Waals surface area contributed by atoms with Crippen LogP contribution in [0.15, 0.2) is 65.6 Å². The van der Waals surface area contributed by atoms with Gasteiger partial charge in [0.2, 0.25) is 0 Å². The summed E-state index contributed by atoms with van der Waals surface area (Å²) in [6, 6.07) is 14.9. The number of anilines is 1. The summed E-state index contributed by atoms with van der Waals surface area (Å²) in [6.45, 7) is 1.52. The van der Waals surface area contributed by atoms with Crippen molar-refractivity contribution in [3.63, 3.8) is 0 Å². The van der Waals surface area contributed by atoms with Crippen LogP contribution >= 0.6 is 11.6 Å². The van der Waals surface area contributed by atoms with Gasteiger partial charge >= 0.3 is 6.18 Å². The Morgan fingerprint density at radius 3 is 2.26 bits per heavy atom. The van der Waals surface area contributed by atoms with Crippen molar-refractivity contribution < 1.29 is 21.6 Å². The van der Waals surface area contributed by atoms with E-state index in [4.69, 9.17) is 11.6 Å². The van der Waals surface area contributed by atoms with Gasteiger partial charge in [-0.25, -0.2) is 8.42 Å². The first kappa shape index (κ1) is 19.5. The molecule has 0 saturated heterocycles. The highest BCUT2D eigenvalue weighted by Crippen LogP contribution is 2.38. The third kappa shape index (κ3) is 3.75. The number of benzene rings is 3. The molecule has 142 valence electrons. The van der Waals surface area contributed by atoms with Gasteiger partial charge in [-0.1, -0.05) is 41.9 Å².